The monoisotopic (exact) mass is 388 g/mol. The molecule has 0 aliphatic heterocycles. The van der Waals surface area contributed by atoms with Crippen LogP contribution in [0, 0.1) is 0 Å². The molecule has 0 radical (unpaired) electrons. The van der Waals surface area contributed by atoms with Crippen LogP contribution < -0.4 is 0 Å². The SMILES string of the molecule is CC(C)(C)[Si](C)(C)OCCN(CCO)Cc1ccc(Br)cn1. The molecule has 0 aromatic carbocycles. The first-order valence-electron chi connectivity index (χ1n) is 7.73. The maximum absolute atomic E-state index is 9.25. The van der Waals surface area contributed by atoms with E-state index in [-0.39, 0.29) is 11.6 Å². The second-order valence-corrected chi connectivity index (χ2v) is 12.8. The first-order valence-corrected chi connectivity index (χ1v) is 11.4. The van der Waals surface area contributed by atoms with Gasteiger partial charge >= 0.3 is 0 Å². The molecule has 1 N–H and O–H groups in total. The minimum atomic E-state index is -1.71. The topological polar surface area (TPSA) is 45.6 Å². The molecule has 0 fully saturated rings. The van der Waals surface area contributed by atoms with Gasteiger partial charge in [-0.15, -0.1) is 0 Å². The van der Waals surface area contributed by atoms with Crippen LogP contribution in [-0.2, 0) is 11.0 Å². The summed E-state index contributed by atoms with van der Waals surface area (Å²) in [5.41, 5.74) is 1.00. The number of halogens is 1. The fourth-order valence-corrected chi connectivity index (χ4v) is 3.06. The van der Waals surface area contributed by atoms with Crippen LogP contribution in [0.2, 0.25) is 18.1 Å². The Morgan fingerprint density at radius 1 is 1.27 bits per heavy atom. The van der Waals surface area contributed by atoms with Crippen molar-refractivity contribution >= 4 is 24.2 Å². The van der Waals surface area contributed by atoms with Gasteiger partial charge in [-0.25, -0.2) is 0 Å². The van der Waals surface area contributed by atoms with Crippen LogP contribution in [0.4, 0.5) is 0 Å². The highest BCUT2D eigenvalue weighted by Crippen LogP contribution is 2.36. The Labute approximate surface area is 144 Å². The molecule has 0 bridgehead atoms. The summed E-state index contributed by atoms with van der Waals surface area (Å²) in [4.78, 5) is 6.58. The Morgan fingerprint density at radius 3 is 2.45 bits per heavy atom. The molecule has 4 nitrogen and oxygen atoms in total. The highest BCUT2D eigenvalue weighted by atomic mass is 79.9. The van der Waals surface area contributed by atoms with Crippen LogP contribution in [0.15, 0.2) is 22.8 Å². The Kier molecular flexibility index (Phi) is 7.68. The average molecular weight is 389 g/mol. The number of hydrogen-bond acceptors (Lipinski definition) is 4. The van der Waals surface area contributed by atoms with E-state index in [1.807, 2.05) is 12.1 Å². The van der Waals surface area contributed by atoms with Crippen molar-refractivity contribution in [2.45, 2.75) is 45.4 Å². The van der Waals surface area contributed by atoms with Gasteiger partial charge in [0, 0.05) is 36.9 Å². The molecule has 0 spiro atoms. The fourth-order valence-electron chi connectivity index (χ4n) is 1.79. The lowest BCUT2D eigenvalue weighted by Gasteiger charge is -2.36. The van der Waals surface area contributed by atoms with Crippen molar-refractivity contribution in [3.8, 4) is 0 Å². The van der Waals surface area contributed by atoms with E-state index in [9.17, 15) is 5.11 Å². The third-order valence-corrected chi connectivity index (χ3v) is 9.27. The van der Waals surface area contributed by atoms with Gasteiger partial charge in [0.1, 0.15) is 0 Å². The van der Waals surface area contributed by atoms with Crippen LogP contribution in [-0.4, -0.2) is 49.6 Å². The Bertz CT molecular complexity index is 446. The number of aliphatic hydroxyl groups is 1. The van der Waals surface area contributed by atoms with Gasteiger partial charge in [0.2, 0.25) is 0 Å². The van der Waals surface area contributed by atoms with Gasteiger partial charge in [-0.1, -0.05) is 20.8 Å². The van der Waals surface area contributed by atoms with Crippen molar-refractivity contribution in [2.75, 3.05) is 26.3 Å². The zero-order valence-electron chi connectivity index (χ0n) is 14.4. The molecule has 0 aliphatic rings. The predicted molar refractivity (Wildman–Crippen MR) is 97.4 cm³/mol. The van der Waals surface area contributed by atoms with Crippen LogP contribution in [0.1, 0.15) is 26.5 Å². The van der Waals surface area contributed by atoms with Crippen LogP contribution in [0.5, 0.6) is 0 Å². The van der Waals surface area contributed by atoms with E-state index in [1.165, 1.54) is 0 Å². The van der Waals surface area contributed by atoms with E-state index in [0.717, 1.165) is 23.3 Å². The van der Waals surface area contributed by atoms with Gasteiger partial charge in [-0.3, -0.25) is 9.88 Å². The van der Waals surface area contributed by atoms with Gasteiger partial charge in [0.05, 0.1) is 12.3 Å². The number of pyridine rings is 1. The molecule has 0 aliphatic carbocycles. The van der Waals surface area contributed by atoms with E-state index in [2.05, 4.69) is 59.7 Å². The Balaban J connectivity index is 2.52. The molecule has 0 amide bonds. The molecular formula is C16H29BrN2O2Si. The molecule has 1 heterocycles. The van der Waals surface area contributed by atoms with Crippen LogP contribution >= 0.6 is 15.9 Å². The van der Waals surface area contributed by atoms with Crippen molar-refractivity contribution in [3.63, 3.8) is 0 Å². The lowest BCUT2D eigenvalue weighted by Crippen LogP contribution is -2.43. The largest absolute Gasteiger partial charge is 0.416 e. The summed E-state index contributed by atoms with van der Waals surface area (Å²) in [7, 11) is -1.71. The lowest BCUT2D eigenvalue weighted by atomic mass is 10.2. The molecule has 126 valence electrons. The third-order valence-electron chi connectivity index (χ3n) is 4.27. The third kappa shape index (κ3) is 6.46. The van der Waals surface area contributed by atoms with Crippen molar-refractivity contribution in [1.82, 2.24) is 9.88 Å². The molecular weight excluding hydrogens is 360 g/mol. The standard InChI is InChI=1S/C16H29BrN2O2Si/c1-16(2,3)22(4,5)21-11-9-19(8-10-20)13-15-7-6-14(17)12-18-15/h6-7,12,20H,8-11,13H2,1-5H3. The first-order chi connectivity index (χ1) is 10.2. The molecule has 0 unspecified atom stereocenters. The lowest BCUT2D eigenvalue weighted by molar-refractivity contribution is 0.156. The van der Waals surface area contributed by atoms with Gasteiger partial charge in [0.15, 0.2) is 8.32 Å². The summed E-state index contributed by atoms with van der Waals surface area (Å²) in [6.45, 7) is 14.3. The molecule has 0 atom stereocenters. The molecule has 1 aromatic heterocycles. The second kappa shape index (κ2) is 8.54. The highest BCUT2D eigenvalue weighted by Gasteiger charge is 2.36. The zero-order valence-corrected chi connectivity index (χ0v) is 17.0. The number of aliphatic hydroxyl groups excluding tert-OH is 1. The molecule has 6 heteroatoms. The van der Waals surface area contributed by atoms with Gasteiger partial charge in [0.25, 0.3) is 0 Å². The summed E-state index contributed by atoms with van der Waals surface area (Å²) in [6.07, 6.45) is 1.80. The van der Waals surface area contributed by atoms with Crippen LogP contribution in [0.3, 0.4) is 0 Å². The molecule has 0 saturated heterocycles. The molecule has 0 saturated carbocycles. The number of rotatable bonds is 8. The van der Waals surface area contributed by atoms with E-state index in [1.54, 1.807) is 6.20 Å². The van der Waals surface area contributed by atoms with Gasteiger partial charge in [-0.05, 0) is 46.2 Å². The number of nitrogens with zero attached hydrogens (tertiary/aromatic N) is 2. The van der Waals surface area contributed by atoms with Gasteiger partial charge < -0.3 is 9.53 Å². The van der Waals surface area contributed by atoms with Crippen molar-refractivity contribution in [1.29, 1.82) is 0 Å². The minimum Gasteiger partial charge on any atom is -0.416 e. The molecule has 1 rings (SSSR count). The number of hydrogen-bond donors (Lipinski definition) is 1. The highest BCUT2D eigenvalue weighted by molar-refractivity contribution is 9.10. The van der Waals surface area contributed by atoms with E-state index >= 15 is 0 Å². The summed E-state index contributed by atoms with van der Waals surface area (Å²) < 4.78 is 7.19. The van der Waals surface area contributed by atoms with E-state index in [4.69, 9.17) is 4.43 Å². The Hall–Kier alpha value is -0.273. The molecule has 1 aromatic rings. The summed E-state index contributed by atoms with van der Waals surface area (Å²) in [6, 6.07) is 3.99. The Morgan fingerprint density at radius 2 is 1.95 bits per heavy atom. The van der Waals surface area contributed by atoms with Crippen molar-refractivity contribution < 1.29 is 9.53 Å². The zero-order chi connectivity index (χ0) is 16.8. The maximum Gasteiger partial charge on any atom is 0.192 e. The summed E-state index contributed by atoms with van der Waals surface area (Å²) in [5.74, 6) is 0. The fraction of sp³-hybridized carbons (Fsp3) is 0.688. The van der Waals surface area contributed by atoms with Crippen molar-refractivity contribution in [2.24, 2.45) is 0 Å². The predicted octanol–water partition coefficient (Wildman–Crippen LogP) is 3.66. The summed E-state index contributed by atoms with van der Waals surface area (Å²) in [5, 5.41) is 9.47. The second-order valence-electron chi connectivity index (χ2n) is 7.08. The average Bonchev–Trinajstić information content (AvgIpc) is 2.40. The first kappa shape index (κ1) is 19.8. The quantitative estimate of drug-likeness (QED) is 0.690. The smallest absolute Gasteiger partial charge is 0.192 e. The maximum atomic E-state index is 9.25. The van der Waals surface area contributed by atoms with Gasteiger partial charge in [-0.2, -0.15) is 0 Å². The normalized spacial score (nSPS) is 12.9. The van der Waals surface area contributed by atoms with E-state index < -0.39 is 8.32 Å². The number of aromatic nitrogens is 1. The van der Waals surface area contributed by atoms with Crippen molar-refractivity contribution in [3.05, 3.63) is 28.5 Å². The molecule has 22 heavy (non-hydrogen) atoms. The van der Waals surface area contributed by atoms with Crippen LogP contribution in [0.25, 0.3) is 0 Å². The van der Waals surface area contributed by atoms with E-state index in [0.29, 0.717) is 13.2 Å². The minimum absolute atomic E-state index is 0.149. The summed E-state index contributed by atoms with van der Waals surface area (Å²) >= 11 is 3.39.